The number of methoxy groups -OCH3 is 1. The van der Waals surface area contributed by atoms with Gasteiger partial charge in [0.2, 0.25) is 5.91 Å². The van der Waals surface area contributed by atoms with Crippen LogP contribution in [0.25, 0.3) is 0 Å². The van der Waals surface area contributed by atoms with E-state index >= 15 is 0 Å². The van der Waals surface area contributed by atoms with Crippen molar-refractivity contribution in [3.8, 4) is 5.75 Å². The number of nitrogens with one attached hydrogen (secondary N) is 1. The van der Waals surface area contributed by atoms with Crippen LogP contribution in [-0.2, 0) is 11.2 Å². The second kappa shape index (κ2) is 5.54. The lowest BCUT2D eigenvalue weighted by atomic mass is 9.87. The molecule has 92 valence electrons. The maximum atomic E-state index is 11.5. The van der Waals surface area contributed by atoms with Gasteiger partial charge < -0.3 is 10.1 Å². The Morgan fingerprint density at radius 1 is 1.59 bits per heavy atom. The van der Waals surface area contributed by atoms with Gasteiger partial charge >= 0.3 is 0 Å². The number of hydrogen-bond donors (Lipinski definition) is 1. The van der Waals surface area contributed by atoms with Gasteiger partial charge in [0.25, 0.3) is 0 Å². The fourth-order valence-electron chi connectivity index (χ4n) is 2.29. The summed E-state index contributed by atoms with van der Waals surface area (Å²) in [6, 6.07) is 6.24. The van der Waals surface area contributed by atoms with Gasteiger partial charge in [0.1, 0.15) is 5.75 Å². The van der Waals surface area contributed by atoms with Crippen molar-refractivity contribution in [2.45, 2.75) is 25.3 Å². The molecule has 1 aromatic rings. The summed E-state index contributed by atoms with van der Waals surface area (Å²) in [4.78, 5) is 11.5. The summed E-state index contributed by atoms with van der Waals surface area (Å²) in [5, 5.41) is 3.38. The number of rotatable bonds is 3. The van der Waals surface area contributed by atoms with Crippen LogP contribution in [0.4, 0.5) is 0 Å². The van der Waals surface area contributed by atoms with Crippen LogP contribution < -0.4 is 10.1 Å². The highest BCUT2D eigenvalue weighted by Crippen LogP contribution is 2.32. The largest absolute Gasteiger partial charge is 0.497 e. The Bertz CT molecular complexity index is 420. The minimum absolute atomic E-state index is 0.0330. The van der Waals surface area contributed by atoms with Crippen molar-refractivity contribution >= 4 is 21.8 Å². The lowest BCUT2D eigenvalue weighted by Crippen LogP contribution is -2.31. The molecule has 0 fully saturated rings. The van der Waals surface area contributed by atoms with Gasteiger partial charge in [-0.1, -0.05) is 22.0 Å². The molecule has 1 amide bonds. The third kappa shape index (κ3) is 2.80. The Labute approximate surface area is 110 Å². The summed E-state index contributed by atoms with van der Waals surface area (Å²) in [5.41, 5.74) is 2.52. The standard InChI is InChI=1S/C13H16BrNO2/c1-17-10-6-5-9-3-2-4-12(11(9)7-10)15-13(16)8-14/h5-7,12H,2-4,8H2,1H3,(H,15,16)/t12-/m0/s1. The number of benzene rings is 1. The third-order valence-corrected chi connectivity index (χ3v) is 3.63. The predicted octanol–water partition coefficient (Wildman–Crippen LogP) is 2.58. The highest BCUT2D eigenvalue weighted by atomic mass is 79.9. The number of alkyl halides is 1. The first kappa shape index (κ1) is 12.4. The molecule has 0 saturated carbocycles. The second-order valence-corrected chi connectivity index (χ2v) is 4.77. The predicted molar refractivity (Wildman–Crippen MR) is 70.6 cm³/mol. The lowest BCUT2D eigenvalue weighted by Gasteiger charge is -2.26. The minimum Gasteiger partial charge on any atom is -0.497 e. The van der Waals surface area contributed by atoms with Crippen LogP contribution in [0.1, 0.15) is 30.0 Å². The summed E-state index contributed by atoms with van der Waals surface area (Å²) in [6.07, 6.45) is 3.20. The summed E-state index contributed by atoms with van der Waals surface area (Å²) < 4.78 is 5.24. The second-order valence-electron chi connectivity index (χ2n) is 4.21. The first-order valence-electron chi connectivity index (χ1n) is 5.76. The van der Waals surface area contributed by atoms with Crippen molar-refractivity contribution in [3.63, 3.8) is 0 Å². The lowest BCUT2D eigenvalue weighted by molar-refractivity contribution is -0.119. The topological polar surface area (TPSA) is 38.3 Å². The van der Waals surface area contributed by atoms with Crippen LogP contribution in [0, 0.1) is 0 Å². The Balaban J connectivity index is 2.25. The number of aryl methyl sites for hydroxylation is 1. The molecule has 0 aliphatic heterocycles. The molecule has 3 nitrogen and oxygen atoms in total. The van der Waals surface area contributed by atoms with Gasteiger partial charge in [0.15, 0.2) is 0 Å². The van der Waals surface area contributed by atoms with Crippen LogP contribution in [0.3, 0.4) is 0 Å². The van der Waals surface area contributed by atoms with E-state index in [9.17, 15) is 4.79 Å². The highest BCUT2D eigenvalue weighted by Gasteiger charge is 2.21. The molecule has 0 heterocycles. The number of fused-ring (bicyclic) bond motifs is 1. The van der Waals surface area contributed by atoms with Crippen molar-refractivity contribution in [3.05, 3.63) is 29.3 Å². The van der Waals surface area contributed by atoms with Crippen LogP contribution >= 0.6 is 15.9 Å². The van der Waals surface area contributed by atoms with Gasteiger partial charge in [-0.2, -0.15) is 0 Å². The molecule has 1 aliphatic rings. The molecule has 0 radical (unpaired) electrons. The van der Waals surface area contributed by atoms with Gasteiger partial charge in [-0.3, -0.25) is 4.79 Å². The van der Waals surface area contributed by atoms with Gasteiger partial charge in [-0.15, -0.1) is 0 Å². The zero-order chi connectivity index (χ0) is 12.3. The van der Waals surface area contributed by atoms with E-state index in [1.165, 1.54) is 11.1 Å². The Kier molecular flexibility index (Phi) is 4.05. The van der Waals surface area contributed by atoms with Gasteiger partial charge in [0, 0.05) is 0 Å². The molecule has 17 heavy (non-hydrogen) atoms. The van der Waals surface area contributed by atoms with Crippen LogP contribution in [-0.4, -0.2) is 18.3 Å². The molecule has 1 N–H and O–H groups in total. The molecule has 2 rings (SSSR count). The van der Waals surface area contributed by atoms with E-state index in [-0.39, 0.29) is 11.9 Å². The maximum absolute atomic E-state index is 11.5. The number of carbonyl (C=O) groups is 1. The first-order chi connectivity index (χ1) is 8.24. The number of carbonyl (C=O) groups excluding carboxylic acids is 1. The molecule has 0 aromatic heterocycles. The molecule has 0 saturated heterocycles. The summed E-state index contributed by atoms with van der Waals surface area (Å²) in [6.45, 7) is 0. The van der Waals surface area contributed by atoms with Gasteiger partial charge in [0.05, 0.1) is 18.5 Å². The number of amides is 1. The molecule has 0 bridgehead atoms. The van der Waals surface area contributed by atoms with Crippen LogP contribution in [0.2, 0.25) is 0 Å². The average Bonchev–Trinajstić information content (AvgIpc) is 2.38. The summed E-state index contributed by atoms with van der Waals surface area (Å²) in [5.74, 6) is 0.884. The molecule has 0 spiro atoms. The van der Waals surface area contributed by atoms with Crippen molar-refractivity contribution in [2.75, 3.05) is 12.4 Å². The highest BCUT2D eigenvalue weighted by molar-refractivity contribution is 9.09. The molecular formula is C13H16BrNO2. The molecular weight excluding hydrogens is 282 g/mol. The van der Waals surface area contributed by atoms with E-state index in [0.717, 1.165) is 25.0 Å². The summed E-state index contributed by atoms with van der Waals surface area (Å²) in [7, 11) is 1.66. The zero-order valence-corrected chi connectivity index (χ0v) is 11.4. The fraction of sp³-hybridized carbons (Fsp3) is 0.462. The normalized spacial score (nSPS) is 18.4. The molecule has 1 atom stereocenters. The van der Waals surface area contributed by atoms with Gasteiger partial charge in [-0.25, -0.2) is 0 Å². The number of halogens is 1. The smallest absolute Gasteiger partial charge is 0.231 e. The van der Waals surface area contributed by atoms with E-state index in [0.29, 0.717) is 5.33 Å². The SMILES string of the molecule is COc1ccc2c(c1)[C@@H](NC(=O)CBr)CCC2. The molecule has 0 unspecified atom stereocenters. The van der Waals surface area contributed by atoms with E-state index in [4.69, 9.17) is 4.74 Å². The molecule has 4 heteroatoms. The molecule has 1 aliphatic carbocycles. The molecule has 1 aromatic carbocycles. The van der Waals surface area contributed by atoms with Crippen LogP contribution in [0.5, 0.6) is 5.75 Å². The van der Waals surface area contributed by atoms with E-state index in [1.54, 1.807) is 7.11 Å². The third-order valence-electron chi connectivity index (χ3n) is 3.12. The van der Waals surface area contributed by atoms with E-state index < -0.39 is 0 Å². The van der Waals surface area contributed by atoms with Crippen molar-refractivity contribution < 1.29 is 9.53 Å². The summed E-state index contributed by atoms with van der Waals surface area (Å²) >= 11 is 3.17. The quantitative estimate of drug-likeness (QED) is 0.871. The first-order valence-corrected chi connectivity index (χ1v) is 6.89. The van der Waals surface area contributed by atoms with Crippen molar-refractivity contribution in [1.82, 2.24) is 5.32 Å². The minimum atomic E-state index is 0.0330. The fourth-order valence-corrected chi connectivity index (χ4v) is 2.45. The Hall–Kier alpha value is -1.03. The van der Waals surface area contributed by atoms with Crippen molar-refractivity contribution in [1.29, 1.82) is 0 Å². The number of hydrogen-bond acceptors (Lipinski definition) is 2. The number of ether oxygens (including phenoxy) is 1. The Morgan fingerprint density at radius 3 is 3.12 bits per heavy atom. The van der Waals surface area contributed by atoms with Crippen molar-refractivity contribution in [2.24, 2.45) is 0 Å². The van der Waals surface area contributed by atoms with Crippen LogP contribution in [0.15, 0.2) is 18.2 Å². The monoisotopic (exact) mass is 297 g/mol. The zero-order valence-electron chi connectivity index (χ0n) is 9.83. The van der Waals surface area contributed by atoms with Gasteiger partial charge in [-0.05, 0) is 42.5 Å². The van der Waals surface area contributed by atoms with E-state index in [2.05, 4.69) is 27.3 Å². The average molecular weight is 298 g/mol. The Morgan fingerprint density at radius 2 is 2.41 bits per heavy atom. The van der Waals surface area contributed by atoms with E-state index in [1.807, 2.05) is 12.1 Å². The maximum Gasteiger partial charge on any atom is 0.231 e.